The topological polar surface area (TPSA) is 85.2 Å². The minimum atomic E-state index is -0.239. The molecular weight excluding hydrogens is 452 g/mol. The van der Waals surface area contributed by atoms with Gasteiger partial charge in [0.15, 0.2) is 0 Å². The zero-order valence-corrected chi connectivity index (χ0v) is 19.2. The molecule has 0 radical (unpaired) electrons. The Hall–Kier alpha value is -1.71. The number of H-pyrrole nitrogens is 1. The molecule has 31 heavy (non-hydrogen) atoms. The molecule has 1 aliphatic heterocycles. The van der Waals surface area contributed by atoms with Crippen LogP contribution in [-0.4, -0.2) is 31.5 Å². The molecule has 0 amide bonds. The van der Waals surface area contributed by atoms with Crippen molar-refractivity contribution < 1.29 is 13.9 Å². The summed E-state index contributed by atoms with van der Waals surface area (Å²) in [7, 11) is 0. The van der Waals surface area contributed by atoms with Gasteiger partial charge in [0, 0.05) is 22.4 Å². The molecular formula is C22H22N2O4S3. The number of nitrogens with zero attached hydrogens (tertiary/aromatic N) is 1. The second-order valence-electron chi connectivity index (χ2n) is 8.49. The first kappa shape index (κ1) is 19.9. The van der Waals surface area contributed by atoms with Crippen LogP contribution in [0.2, 0.25) is 0 Å². The van der Waals surface area contributed by atoms with Crippen molar-refractivity contribution in [3.63, 3.8) is 0 Å². The van der Waals surface area contributed by atoms with Crippen molar-refractivity contribution in [3.8, 4) is 11.3 Å². The average Bonchev–Trinajstić information content (AvgIpc) is 3.55. The van der Waals surface area contributed by atoms with Crippen LogP contribution in [0.1, 0.15) is 31.5 Å². The molecule has 2 atom stereocenters. The summed E-state index contributed by atoms with van der Waals surface area (Å²) in [4.78, 5) is 33.4. The number of aromatic nitrogens is 2. The number of nitrogens with one attached hydrogen (secondary N) is 1. The number of esters is 1. The molecule has 2 aliphatic carbocycles. The molecule has 6 rings (SSSR count). The number of carbonyl (C=O) groups excluding carboxylic acids is 1. The Morgan fingerprint density at radius 3 is 2.74 bits per heavy atom. The predicted molar refractivity (Wildman–Crippen MR) is 124 cm³/mol. The molecule has 162 valence electrons. The van der Waals surface area contributed by atoms with E-state index in [2.05, 4.69) is 33.5 Å². The van der Waals surface area contributed by atoms with Crippen molar-refractivity contribution in [1.29, 1.82) is 0 Å². The molecule has 4 heterocycles. The summed E-state index contributed by atoms with van der Waals surface area (Å²) in [6.45, 7) is -0.00151. The van der Waals surface area contributed by atoms with Crippen molar-refractivity contribution in [2.24, 2.45) is 17.8 Å². The Bertz CT molecular complexity index is 1160. The number of hydrogen-bond acceptors (Lipinski definition) is 8. The van der Waals surface area contributed by atoms with Gasteiger partial charge in [0.2, 0.25) is 0 Å². The lowest BCUT2D eigenvalue weighted by Crippen LogP contribution is -2.40. The smallest absolute Gasteiger partial charge is 0.309 e. The van der Waals surface area contributed by atoms with Gasteiger partial charge < -0.3 is 14.1 Å². The molecule has 0 aromatic carbocycles. The van der Waals surface area contributed by atoms with Gasteiger partial charge in [0.05, 0.1) is 21.6 Å². The third kappa shape index (κ3) is 3.27. The van der Waals surface area contributed by atoms with Crippen LogP contribution in [0.25, 0.3) is 21.5 Å². The molecule has 3 fully saturated rings. The number of thioether (sulfide) groups is 2. The highest BCUT2D eigenvalue weighted by molar-refractivity contribution is 8.21. The summed E-state index contributed by atoms with van der Waals surface area (Å²) in [5, 5.41) is 2.38. The molecule has 3 aromatic heterocycles. The van der Waals surface area contributed by atoms with Crippen molar-refractivity contribution in [2.75, 3.05) is 11.5 Å². The third-order valence-electron chi connectivity index (χ3n) is 6.84. The van der Waals surface area contributed by atoms with E-state index in [1.165, 1.54) is 35.7 Å². The molecule has 2 unspecified atom stereocenters. The fourth-order valence-electron chi connectivity index (χ4n) is 5.53. The van der Waals surface area contributed by atoms with E-state index < -0.39 is 0 Å². The molecule has 2 bridgehead atoms. The maximum absolute atomic E-state index is 12.8. The molecule has 9 heteroatoms. The summed E-state index contributed by atoms with van der Waals surface area (Å²) >= 11 is 5.64. The van der Waals surface area contributed by atoms with E-state index in [1.807, 2.05) is 11.4 Å². The number of ether oxygens (including phenoxy) is 1. The Labute approximate surface area is 191 Å². The van der Waals surface area contributed by atoms with Crippen molar-refractivity contribution >= 4 is 51.0 Å². The highest BCUT2D eigenvalue weighted by Crippen LogP contribution is 2.65. The highest BCUT2D eigenvalue weighted by atomic mass is 32.2. The normalized spacial score (nSPS) is 26.6. The summed E-state index contributed by atoms with van der Waals surface area (Å²) in [5.74, 6) is 4.54. The van der Waals surface area contributed by atoms with E-state index in [-0.39, 0.29) is 24.1 Å². The monoisotopic (exact) mass is 474 g/mol. The molecule has 6 nitrogen and oxygen atoms in total. The van der Waals surface area contributed by atoms with E-state index in [0.717, 1.165) is 18.4 Å². The van der Waals surface area contributed by atoms with Gasteiger partial charge in [-0.3, -0.25) is 9.59 Å². The number of rotatable bonds is 4. The van der Waals surface area contributed by atoms with Crippen molar-refractivity contribution in [2.45, 2.75) is 36.4 Å². The van der Waals surface area contributed by atoms with Gasteiger partial charge in [-0.15, -0.1) is 34.9 Å². The zero-order valence-electron chi connectivity index (χ0n) is 16.8. The van der Waals surface area contributed by atoms with Crippen LogP contribution < -0.4 is 5.56 Å². The van der Waals surface area contributed by atoms with Crippen LogP contribution >= 0.6 is 34.9 Å². The van der Waals surface area contributed by atoms with Crippen LogP contribution in [0.15, 0.2) is 33.0 Å². The highest BCUT2D eigenvalue weighted by Gasteiger charge is 2.57. The van der Waals surface area contributed by atoms with Gasteiger partial charge in [0.25, 0.3) is 5.56 Å². The fourth-order valence-corrected chi connectivity index (χ4v) is 10.4. The van der Waals surface area contributed by atoms with E-state index >= 15 is 0 Å². The molecule has 1 spiro atoms. The number of hydrogen-bond donors (Lipinski definition) is 1. The maximum atomic E-state index is 12.8. The van der Waals surface area contributed by atoms with Crippen LogP contribution in [0, 0.1) is 17.8 Å². The van der Waals surface area contributed by atoms with Gasteiger partial charge in [-0.2, -0.15) is 0 Å². The lowest BCUT2D eigenvalue weighted by molar-refractivity contribution is -0.152. The fraction of sp³-hybridized carbons (Fsp3) is 0.500. The zero-order chi connectivity index (χ0) is 21.0. The third-order valence-corrected chi connectivity index (χ3v) is 11.7. The summed E-state index contributed by atoms with van der Waals surface area (Å²) in [5.41, 5.74) is 0.494. The van der Waals surface area contributed by atoms with Crippen LogP contribution in [0.4, 0.5) is 0 Å². The number of carbonyl (C=O) groups is 1. The van der Waals surface area contributed by atoms with Gasteiger partial charge in [0.1, 0.15) is 23.0 Å². The first-order chi connectivity index (χ1) is 15.1. The molecule has 1 N–H and O–H groups in total. The van der Waals surface area contributed by atoms with Crippen LogP contribution in [0.3, 0.4) is 0 Å². The van der Waals surface area contributed by atoms with Crippen molar-refractivity contribution in [3.05, 3.63) is 40.0 Å². The second-order valence-corrected chi connectivity index (χ2v) is 12.3. The second kappa shape index (κ2) is 7.71. The van der Waals surface area contributed by atoms with Gasteiger partial charge in [-0.05, 0) is 49.7 Å². The number of fused-ring (bicyclic) bond motifs is 1. The Kier molecular flexibility index (Phi) is 4.96. The summed E-state index contributed by atoms with van der Waals surface area (Å²) < 4.78 is 11.4. The Morgan fingerprint density at radius 1 is 1.26 bits per heavy atom. The van der Waals surface area contributed by atoms with E-state index in [9.17, 15) is 9.59 Å². The average molecular weight is 475 g/mol. The Balaban J connectivity index is 1.16. The first-order valence-corrected chi connectivity index (χ1v) is 13.5. The van der Waals surface area contributed by atoms with E-state index in [0.29, 0.717) is 37.7 Å². The van der Waals surface area contributed by atoms with Crippen LogP contribution in [0.5, 0.6) is 0 Å². The first-order valence-electron chi connectivity index (χ1n) is 10.6. The van der Waals surface area contributed by atoms with Gasteiger partial charge in [-0.1, -0.05) is 0 Å². The minimum Gasteiger partial charge on any atom is -0.464 e. The number of thiophene rings is 1. The standard InChI is InChI=1S/C22H22N2O4S3/c25-19-18-15(16-2-1-5-27-16)11-29-20(18)24-17(23-19)10-28-21(26)12-8-13-3-4-14(9-12)22(13)30-6-7-31-22/h1-2,5,11-14H,3-4,6-10H2,(H,23,24,25). The van der Waals surface area contributed by atoms with E-state index in [1.54, 1.807) is 12.3 Å². The Morgan fingerprint density at radius 2 is 2.03 bits per heavy atom. The summed E-state index contributed by atoms with van der Waals surface area (Å²) in [6.07, 6.45) is 5.90. The number of furan rings is 1. The van der Waals surface area contributed by atoms with E-state index in [4.69, 9.17) is 9.15 Å². The number of aromatic amines is 1. The quantitative estimate of drug-likeness (QED) is 0.538. The minimum absolute atomic E-state index is 0.00151. The lowest BCUT2D eigenvalue weighted by Gasteiger charge is -2.41. The SMILES string of the molecule is O=C(OCc1nc2scc(-c3ccco3)c2c(=O)[nH]1)C1CC2CCC(C1)C21SCCS1. The maximum Gasteiger partial charge on any atom is 0.309 e. The lowest BCUT2D eigenvalue weighted by atomic mass is 9.80. The van der Waals surface area contributed by atoms with Gasteiger partial charge in [-0.25, -0.2) is 4.98 Å². The molecule has 3 aromatic rings. The largest absolute Gasteiger partial charge is 0.464 e. The molecule has 3 aliphatic rings. The van der Waals surface area contributed by atoms with Crippen molar-refractivity contribution in [1.82, 2.24) is 9.97 Å². The predicted octanol–water partition coefficient (Wildman–Crippen LogP) is 4.90. The summed E-state index contributed by atoms with van der Waals surface area (Å²) in [6, 6.07) is 3.61. The molecule has 1 saturated heterocycles. The molecule has 2 saturated carbocycles. The van der Waals surface area contributed by atoms with Crippen LogP contribution in [-0.2, 0) is 16.1 Å². The van der Waals surface area contributed by atoms with Gasteiger partial charge >= 0.3 is 5.97 Å².